The predicted molar refractivity (Wildman–Crippen MR) is 78.6 cm³/mol. The maximum atomic E-state index is 12.1. The second kappa shape index (κ2) is 6.23. The molecule has 7 heteroatoms. The van der Waals surface area contributed by atoms with Crippen LogP contribution in [0.4, 0.5) is 5.69 Å². The van der Waals surface area contributed by atoms with Crippen molar-refractivity contribution in [1.82, 2.24) is 24.9 Å². The number of carbonyl (C=O) groups is 1. The lowest BCUT2D eigenvalue weighted by Gasteiger charge is -2.37. The van der Waals surface area contributed by atoms with Gasteiger partial charge >= 0.3 is 0 Å². The molecular weight excluding hydrogens is 256 g/mol. The zero-order valence-corrected chi connectivity index (χ0v) is 12.5. The van der Waals surface area contributed by atoms with E-state index in [0.717, 1.165) is 19.6 Å². The van der Waals surface area contributed by atoms with Gasteiger partial charge in [-0.1, -0.05) is 0 Å². The van der Waals surface area contributed by atoms with E-state index in [9.17, 15) is 4.79 Å². The number of carbonyl (C=O) groups excluding carboxylic acids is 1. The Kier molecular flexibility index (Phi) is 4.61. The molecular formula is C13H24N6O. The summed E-state index contributed by atoms with van der Waals surface area (Å²) in [7, 11) is 4.19. The van der Waals surface area contributed by atoms with E-state index in [1.54, 1.807) is 10.9 Å². The number of likely N-dealkylation sites (N-methyl/N-ethyl adjacent to an activating group) is 2. The van der Waals surface area contributed by atoms with Gasteiger partial charge in [-0.2, -0.15) is 5.10 Å². The van der Waals surface area contributed by atoms with E-state index in [1.807, 2.05) is 6.92 Å². The number of aryl methyl sites for hydroxylation is 1. The first-order chi connectivity index (χ1) is 9.51. The number of amides is 1. The van der Waals surface area contributed by atoms with Crippen molar-refractivity contribution in [2.75, 3.05) is 46.0 Å². The number of nitrogen functional groups attached to an aromatic ring is 1. The molecule has 1 amide bonds. The maximum absolute atomic E-state index is 12.1. The average molecular weight is 280 g/mol. The van der Waals surface area contributed by atoms with Gasteiger partial charge in [0.25, 0.3) is 5.91 Å². The summed E-state index contributed by atoms with van der Waals surface area (Å²) in [6.07, 6.45) is 1.69. The number of hydrogen-bond donors (Lipinski definition) is 2. The molecule has 1 aliphatic rings. The summed E-state index contributed by atoms with van der Waals surface area (Å²) < 4.78 is 1.67. The van der Waals surface area contributed by atoms with Gasteiger partial charge in [-0.15, -0.1) is 0 Å². The number of rotatable bonds is 4. The van der Waals surface area contributed by atoms with Crippen LogP contribution < -0.4 is 11.1 Å². The molecule has 0 spiro atoms. The molecule has 112 valence electrons. The van der Waals surface area contributed by atoms with Gasteiger partial charge in [0.1, 0.15) is 0 Å². The lowest BCUT2D eigenvalue weighted by molar-refractivity contribution is 0.0877. The van der Waals surface area contributed by atoms with Crippen LogP contribution in [0.15, 0.2) is 6.20 Å². The second-order valence-corrected chi connectivity index (χ2v) is 5.40. The molecule has 1 fully saturated rings. The van der Waals surface area contributed by atoms with E-state index in [-0.39, 0.29) is 5.91 Å². The maximum Gasteiger partial charge on any atom is 0.273 e. The van der Waals surface area contributed by atoms with Crippen LogP contribution in [-0.2, 0) is 6.54 Å². The third kappa shape index (κ3) is 3.29. The Labute approximate surface area is 119 Å². The van der Waals surface area contributed by atoms with Gasteiger partial charge in [-0.25, -0.2) is 0 Å². The Bertz CT molecular complexity index is 471. The Balaban J connectivity index is 1.92. The first kappa shape index (κ1) is 14.8. The van der Waals surface area contributed by atoms with Gasteiger partial charge in [0, 0.05) is 45.0 Å². The fraction of sp³-hybridized carbons (Fsp3) is 0.692. The van der Waals surface area contributed by atoms with E-state index >= 15 is 0 Å². The fourth-order valence-corrected chi connectivity index (χ4v) is 2.39. The second-order valence-electron chi connectivity index (χ2n) is 5.40. The van der Waals surface area contributed by atoms with E-state index in [0.29, 0.717) is 30.5 Å². The third-order valence-electron chi connectivity index (χ3n) is 3.81. The molecule has 1 unspecified atom stereocenters. The molecule has 0 bridgehead atoms. The molecule has 2 rings (SSSR count). The smallest absolute Gasteiger partial charge is 0.273 e. The van der Waals surface area contributed by atoms with Crippen LogP contribution in [0.5, 0.6) is 0 Å². The molecule has 1 aliphatic heterocycles. The molecule has 1 atom stereocenters. The molecule has 7 nitrogen and oxygen atoms in total. The Morgan fingerprint density at radius 1 is 1.50 bits per heavy atom. The minimum Gasteiger partial charge on any atom is -0.396 e. The van der Waals surface area contributed by atoms with Gasteiger partial charge in [-0.3, -0.25) is 14.4 Å². The normalized spacial score (nSPS) is 21.1. The SMILES string of the molecule is CCn1cc(N)c(C(=O)NCC2CN(C)CCN2C)n1. The number of anilines is 1. The number of aromatic nitrogens is 2. The van der Waals surface area contributed by atoms with Gasteiger partial charge in [0.05, 0.1) is 5.69 Å². The van der Waals surface area contributed by atoms with Crippen LogP contribution in [0.3, 0.4) is 0 Å². The molecule has 3 N–H and O–H groups in total. The summed E-state index contributed by atoms with van der Waals surface area (Å²) in [4.78, 5) is 16.7. The summed E-state index contributed by atoms with van der Waals surface area (Å²) in [6.45, 7) is 6.31. The van der Waals surface area contributed by atoms with Crippen LogP contribution in [0.25, 0.3) is 0 Å². The number of nitrogens with zero attached hydrogens (tertiary/aromatic N) is 4. The van der Waals surface area contributed by atoms with Crippen molar-refractivity contribution in [3.8, 4) is 0 Å². The third-order valence-corrected chi connectivity index (χ3v) is 3.81. The topological polar surface area (TPSA) is 79.4 Å². The van der Waals surface area contributed by atoms with Crippen molar-refractivity contribution in [3.05, 3.63) is 11.9 Å². The van der Waals surface area contributed by atoms with Crippen molar-refractivity contribution >= 4 is 11.6 Å². The molecule has 2 heterocycles. The molecule has 1 aromatic heterocycles. The van der Waals surface area contributed by atoms with Crippen LogP contribution in [-0.4, -0.2) is 71.8 Å². The monoisotopic (exact) mass is 280 g/mol. The summed E-state index contributed by atoms with van der Waals surface area (Å²) in [6, 6.07) is 0.326. The van der Waals surface area contributed by atoms with E-state index < -0.39 is 0 Å². The van der Waals surface area contributed by atoms with Crippen molar-refractivity contribution in [3.63, 3.8) is 0 Å². The van der Waals surface area contributed by atoms with Crippen LogP contribution in [0.2, 0.25) is 0 Å². The summed E-state index contributed by atoms with van der Waals surface area (Å²) in [5.74, 6) is -0.198. The fourth-order valence-electron chi connectivity index (χ4n) is 2.39. The van der Waals surface area contributed by atoms with Crippen molar-refractivity contribution in [2.24, 2.45) is 0 Å². The molecule has 1 saturated heterocycles. The standard InChI is InChI=1S/C13H24N6O/c1-4-19-9-11(14)12(16-19)13(20)15-7-10-8-17(2)5-6-18(10)3/h9-10H,4-8,14H2,1-3H3,(H,15,20). The van der Waals surface area contributed by atoms with Crippen molar-refractivity contribution in [1.29, 1.82) is 0 Å². The lowest BCUT2D eigenvalue weighted by atomic mass is 10.2. The summed E-state index contributed by atoms with van der Waals surface area (Å²) in [5.41, 5.74) is 6.56. The van der Waals surface area contributed by atoms with Gasteiger partial charge in [0.2, 0.25) is 0 Å². The number of hydrogen-bond acceptors (Lipinski definition) is 5. The molecule has 0 aliphatic carbocycles. The first-order valence-corrected chi connectivity index (χ1v) is 7.01. The molecule has 1 aromatic rings. The Morgan fingerprint density at radius 3 is 2.90 bits per heavy atom. The van der Waals surface area contributed by atoms with Crippen molar-refractivity contribution in [2.45, 2.75) is 19.5 Å². The zero-order valence-electron chi connectivity index (χ0n) is 12.5. The first-order valence-electron chi connectivity index (χ1n) is 7.01. The molecule has 0 radical (unpaired) electrons. The quantitative estimate of drug-likeness (QED) is 0.774. The zero-order chi connectivity index (χ0) is 14.7. The highest BCUT2D eigenvalue weighted by Crippen LogP contribution is 2.09. The van der Waals surface area contributed by atoms with Gasteiger partial charge in [0.15, 0.2) is 5.69 Å². The minimum atomic E-state index is -0.198. The van der Waals surface area contributed by atoms with Crippen molar-refractivity contribution < 1.29 is 4.79 Å². The number of nitrogens with two attached hydrogens (primary N) is 1. The predicted octanol–water partition coefficient (Wildman–Crippen LogP) is -0.539. The Hall–Kier alpha value is -1.60. The Morgan fingerprint density at radius 2 is 2.25 bits per heavy atom. The van der Waals surface area contributed by atoms with E-state index in [4.69, 9.17) is 5.73 Å². The molecule has 0 aromatic carbocycles. The van der Waals surface area contributed by atoms with E-state index in [2.05, 4.69) is 34.3 Å². The molecule has 0 saturated carbocycles. The number of nitrogens with one attached hydrogen (secondary N) is 1. The summed E-state index contributed by atoms with van der Waals surface area (Å²) in [5, 5.41) is 7.12. The van der Waals surface area contributed by atoms with Crippen LogP contribution >= 0.6 is 0 Å². The highest BCUT2D eigenvalue weighted by atomic mass is 16.2. The number of piperazine rings is 1. The molecule has 20 heavy (non-hydrogen) atoms. The average Bonchev–Trinajstić information content (AvgIpc) is 2.81. The summed E-state index contributed by atoms with van der Waals surface area (Å²) >= 11 is 0. The minimum absolute atomic E-state index is 0.198. The highest BCUT2D eigenvalue weighted by Gasteiger charge is 2.23. The lowest BCUT2D eigenvalue weighted by Crippen LogP contribution is -2.54. The van der Waals surface area contributed by atoms with Crippen LogP contribution in [0.1, 0.15) is 17.4 Å². The van der Waals surface area contributed by atoms with Gasteiger partial charge < -0.3 is 16.0 Å². The highest BCUT2D eigenvalue weighted by molar-refractivity contribution is 5.97. The van der Waals surface area contributed by atoms with Crippen LogP contribution in [0, 0.1) is 0 Å². The largest absolute Gasteiger partial charge is 0.396 e. The van der Waals surface area contributed by atoms with Gasteiger partial charge in [-0.05, 0) is 21.0 Å². The van der Waals surface area contributed by atoms with E-state index in [1.165, 1.54) is 0 Å².